The summed E-state index contributed by atoms with van der Waals surface area (Å²) >= 11 is 4.59. The first-order valence-corrected chi connectivity index (χ1v) is 6.67. The summed E-state index contributed by atoms with van der Waals surface area (Å²) in [6.45, 7) is 4.42. The molecule has 0 spiro atoms. The van der Waals surface area contributed by atoms with Crippen molar-refractivity contribution in [1.82, 2.24) is 0 Å². The maximum Gasteiger partial charge on any atom is 0.0780 e. The summed E-state index contributed by atoms with van der Waals surface area (Å²) in [7, 11) is 0. The molecule has 0 amide bonds. The third-order valence-corrected chi connectivity index (χ3v) is 1.93. The van der Waals surface area contributed by atoms with E-state index in [1.807, 2.05) is 6.92 Å². The first kappa shape index (κ1) is 12.4. The van der Waals surface area contributed by atoms with E-state index in [-0.39, 0.29) is 6.10 Å². The van der Waals surface area contributed by atoms with Crippen LogP contribution in [0.25, 0.3) is 0 Å². The quantitative estimate of drug-likeness (QED) is 0.381. The number of ether oxygens (including phenoxy) is 2. The minimum atomic E-state index is 0.243. The molecular formula is C7H14I2O2. The largest absolute Gasteiger partial charge is 0.378 e. The average molecular weight is 384 g/mol. The van der Waals surface area contributed by atoms with Gasteiger partial charge >= 0.3 is 0 Å². The summed E-state index contributed by atoms with van der Waals surface area (Å²) in [4.78, 5) is 0. The van der Waals surface area contributed by atoms with Gasteiger partial charge in [0.15, 0.2) is 0 Å². The third-order valence-electron chi connectivity index (χ3n) is 1.05. The summed E-state index contributed by atoms with van der Waals surface area (Å²) in [5.74, 6) is 0. The third kappa shape index (κ3) is 9.29. The molecular weight excluding hydrogens is 370 g/mol. The first-order valence-electron chi connectivity index (χ1n) is 3.62. The van der Waals surface area contributed by atoms with Crippen molar-refractivity contribution in [3.05, 3.63) is 0 Å². The van der Waals surface area contributed by atoms with Gasteiger partial charge in [-0.1, -0.05) is 45.2 Å². The van der Waals surface area contributed by atoms with Gasteiger partial charge in [0.1, 0.15) is 0 Å². The molecule has 2 nitrogen and oxygen atoms in total. The van der Waals surface area contributed by atoms with Crippen molar-refractivity contribution in [1.29, 1.82) is 0 Å². The molecule has 0 aliphatic heterocycles. The molecule has 0 saturated carbocycles. The van der Waals surface area contributed by atoms with Crippen LogP contribution in [0.5, 0.6) is 0 Å². The zero-order valence-corrected chi connectivity index (χ0v) is 11.0. The lowest BCUT2D eigenvalue weighted by Crippen LogP contribution is -2.17. The lowest BCUT2D eigenvalue weighted by Gasteiger charge is -2.11. The summed E-state index contributed by atoms with van der Waals surface area (Å²) in [6.07, 6.45) is 0.243. The molecule has 0 bridgehead atoms. The van der Waals surface area contributed by atoms with Crippen LogP contribution in [0.2, 0.25) is 0 Å². The Balaban J connectivity index is 3.02. The van der Waals surface area contributed by atoms with Crippen LogP contribution in [-0.2, 0) is 9.47 Å². The fourth-order valence-electron chi connectivity index (χ4n) is 0.598. The second kappa shape index (κ2) is 9.47. The van der Waals surface area contributed by atoms with Crippen LogP contribution in [0.15, 0.2) is 0 Å². The molecule has 0 N–H and O–H groups in total. The van der Waals surface area contributed by atoms with Crippen LogP contribution < -0.4 is 0 Å². The second-order valence-corrected chi connectivity index (χ2v) is 4.29. The van der Waals surface area contributed by atoms with Crippen LogP contribution in [-0.4, -0.2) is 34.8 Å². The fourth-order valence-corrected chi connectivity index (χ4v) is 1.16. The van der Waals surface area contributed by atoms with Gasteiger partial charge in [0.05, 0.1) is 25.9 Å². The molecule has 68 valence electrons. The van der Waals surface area contributed by atoms with Crippen LogP contribution in [0, 0.1) is 0 Å². The molecule has 0 rings (SSSR count). The molecule has 0 saturated heterocycles. The van der Waals surface area contributed by atoms with Crippen LogP contribution >= 0.6 is 45.2 Å². The number of rotatable bonds is 7. The van der Waals surface area contributed by atoms with Gasteiger partial charge in [-0.3, -0.25) is 0 Å². The Hall–Kier alpha value is 1.38. The predicted octanol–water partition coefficient (Wildman–Crippen LogP) is 2.28. The van der Waals surface area contributed by atoms with Crippen molar-refractivity contribution in [2.24, 2.45) is 0 Å². The van der Waals surface area contributed by atoms with Gasteiger partial charge in [-0.2, -0.15) is 0 Å². The second-order valence-electron chi connectivity index (χ2n) is 2.13. The minimum Gasteiger partial charge on any atom is -0.378 e. The molecule has 1 atom stereocenters. The standard InChI is InChI=1S/C7H14I2O2/c1-7(11-5-3-9)6-10-4-2-8/h7H,2-6H2,1H3. The van der Waals surface area contributed by atoms with E-state index in [4.69, 9.17) is 9.47 Å². The molecule has 0 aromatic carbocycles. The van der Waals surface area contributed by atoms with Crippen molar-refractivity contribution in [2.45, 2.75) is 13.0 Å². The molecule has 0 aliphatic carbocycles. The van der Waals surface area contributed by atoms with Gasteiger partial charge in [-0.15, -0.1) is 0 Å². The van der Waals surface area contributed by atoms with E-state index in [1.54, 1.807) is 0 Å². The predicted molar refractivity (Wildman–Crippen MR) is 64.0 cm³/mol. The van der Waals surface area contributed by atoms with E-state index >= 15 is 0 Å². The van der Waals surface area contributed by atoms with Gasteiger partial charge < -0.3 is 9.47 Å². The summed E-state index contributed by atoms with van der Waals surface area (Å²) < 4.78 is 12.8. The zero-order chi connectivity index (χ0) is 8.53. The lowest BCUT2D eigenvalue weighted by molar-refractivity contribution is 0.00499. The van der Waals surface area contributed by atoms with E-state index in [0.29, 0.717) is 0 Å². The topological polar surface area (TPSA) is 18.5 Å². The lowest BCUT2D eigenvalue weighted by atomic mass is 10.4. The molecule has 11 heavy (non-hydrogen) atoms. The van der Waals surface area contributed by atoms with Crippen molar-refractivity contribution in [2.75, 3.05) is 28.7 Å². The molecule has 0 aromatic rings. The monoisotopic (exact) mass is 384 g/mol. The maximum atomic E-state index is 5.40. The van der Waals surface area contributed by atoms with E-state index in [1.165, 1.54) is 0 Å². The molecule has 0 aromatic heterocycles. The molecule has 1 unspecified atom stereocenters. The number of hydrogen-bond acceptors (Lipinski definition) is 2. The highest BCUT2D eigenvalue weighted by Crippen LogP contribution is 1.94. The van der Waals surface area contributed by atoms with Crippen molar-refractivity contribution in [3.8, 4) is 0 Å². The fraction of sp³-hybridized carbons (Fsp3) is 1.00. The Morgan fingerprint density at radius 3 is 2.36 bits per heavy atom. The summed E-state index contributed by atoms with van der Waals surface area (Å²) in [6, 6.07) is 0. The van der Waals surface area contributed by atoms with Gasteiger partial charge in [-0.05, 0) is 6.92 Å². The van der Waals surface area contributed by atoms with Gasteiger partial charge in [0, 0.05) is 8.86 Å². The average Bonchev–Trinajstić information content (AvgIpc) is 2.01. The van der Waals surface area contributed by atoms with Gasteiger partial charge in [-0.25, -0.2) is 0 Å². The molecule has 0 heterocycles. The molecule has 4 heteroatoms. The summed E-state index contributed by atoms with van der Waals surface area (Å²) in [5, 5.41) is 0. The van der Waals surface area contributed by atoms with Crippen molar-refractivity contribution in [3.63, 3.8) is 0 Å². The highest BCUT2D eigenvalue weighted by molar-refractivity contribution is 14.1. The van der Waals surface area contributed by atoms with E-state index in [2.05, 4.69) is 45.2 Å². The Morgan fingerprint density at radius 1 is 1.18 bits per heavy atom. The van der Waals surface area contributed by atoms with Crippen LogP contribution in [0.3, 0.4) is 0 Å². The number of halogens is 2. The van der Waals surface area contributed by atoms with Crippen LogP contribution in [0.1, 0.15) is 6.92 Å². The number of hydrogen-bond donors (Lipinski definition) is 0. The van der Waals surface area contributed by atoms with E-state index < -0.39 is 0 Å². The maximum absolute atomic E-state index is 5.40. The minimum absolute atomic E-state index is 0.243. The molecule has 0 fully saturated rings. The summed E-state index contributed by atoms with van der Waals surface area (Å²) in [5.41, 5.74) is 0. The Kier molecular flexibility index (Phi) is 10.7. The SMILES string of the molecule is CC(COCCI)OCCI. The normalized spacial score (nSPS) is 13.4. The van der Waals surface area contributed by atoms with Gasteiger partial charge in [0.2, 0.25) is 0 Å². The zero-order valence-electron chi connectivity index (χ0n) is 6.69. The number of alkyl halides is 2. The van der Waals surface area contributed by atoms with Crippen molar-refractivity contribution >= 4 is 45.2 Å². The van der Waals surface area contributed by atoms with Crippen molar-refractivity contribution < 1.29 is 9.47 Å². The highest BCUT2D eigenvalue weighted by atomic mass is 127. The molecule has 0 radical (unpaired) electrons. The van der Waals surface area contributed by atoms with E-state index in [9.17, 15) is 0 Å². The smallest absolute Gasteiger partial charge is 0.0780 e. The highest BCUT2D eigenvalue weighted by Gasteiger charge is 1.99. The Labute approximate surface area is 95.7 Å². The van der Waals surface area contributed by atoms with E-state index in [0.717, 1.165) is 28.7 Å². The van der Waals surface area contributed by atoms with Crippen LogP contribution in [0.4, 0.5) is 0 Å². The Bertz CT molecular complexity index is 80.8. The van der Waals surface area contributed by atoms with Gasteiger partial charge in [0.25, 0.3) is 0 Å². The first-order chi connectivity index (χ1) is 5.31. The molecule has 0 aliphatic rings. The Morgan fingerprint density at radius 2 is 1.82 bits per heavy atom.